The molecule has 12 bridgehead atoms. The molecule has 26 unspecified atom stereocenters. The Hall–Kier alpha value is -8.88. The maximum atomic E-state index is 13.7. The Labute approximate surface area is 777 Å². The van der Waals surface area contributed by atoms with Crippen LogP contribution >= 0.6 is 44.4 Å². The first kappa shape index (κ1) is 94.0. The van der Waals surface area contributed by atoms with E-state index in [-0.39, 0.29) is 99.4 Å². The van der Waals surface area contributed by atoms with Gasteiger partial charge in [0.05, 0.1) is 97.4 Å². The average molecular weight is 2050 g/mol. The zero-order valence-corrected chi connectivity index (χ0v) is 77.0. The first-order valence-corrected chi connectivity index (χ1v) is 51.7. The summed E-state index contributed by atoms with van der Waals surface area (Å²) in [6.45, 7) is -3.45. The number of nitrogens with one attached hydrogen (secondary N) is 3. The minimum atomic E-state index is -4.94. The Morgan fingerprint density at radius 3 is 1.00 bits per heavy atom. The van der Waals surface area contributed by atoms with E-state index >= 15 is 0 Å². The van der Waals surface area contributed by atoms with Crippen LogP contribution < -0.4 is 33.9 Å². The second-order valence-corrected chi connectivity index (χ2v) is 43.9. The van der Waals surface area contributed by atoms with Gasteiger partial charge < -0.3 is 141 Å². The van der Waals surface area contributed by atoms with Gasteiger partial charge in [0.1, 0.15) is 161 Å². The van der Waals surface area contributed by atoms with Gasteiger partial charge in [-0.3, -0.25) is 73.6 Å². The number of hydrogen-bond donors (Lipinski definition) is 11. The molecule has 12 fully saturated rings. The normalized spacial score (nSPS) is 39.7. The number of aliphatic hydroxyl groups is 3. The predicted octanol–water partition coefficient (Wildman–Crippen LogP) is -2.80. The van der Waals surface area contributed by atoms with Crippen LogP contribution in [0.15, 0.2) is 71.3 Å². The van der Waals surface area contributed by atoms with Crippen LogP contribution in [0.4, 0.5) is 17.5 Å². The first-order valence-electron chi connectivity index (χ1n) is 41.2. The number of aliphatic hydroxyl groups excluding tert-OH is 3. The summed E-state index contributed by atoms with van der Waals surface area (Å²) >= 11 is 5.35. The average Bonchev–Trinajstić information content (AvgIpc) is 1.56. The lowest BCUT2D eigenvalue weighted by molar-refractivity contribution is -0.183. The molecule has 12 aliphatic heterocycles. The van der Waals surface area contributed by atoms with Crippen molar-refractivity contribution in [2.45, 2.75) is 167 Å². The number of aromatic nitrogens is 24. The number of fused-ring (bicyclic) bond motifs is 12. The van der Waals surface area contributed by atoms with Crippen LogP contribution in [0.25, 0.3) is 67.0 Å². The molecule has 61 nitrogen and oxygen atoms in total. The summed E-state index contributed by atoms with van der Waals surface area (Å²) < 4.78 is 199. The van der Waals surface area contributed by atoms with E-state index in [0.29, 0.717) is 22.3 Å². The second-order valence-electron chi connectivity index (χ2n) is 33.5. The Bertz CT molecular complexity index is 6760. The molecular formula is C66H71B4N27O34P6S. The van der Waals surface area contributed by atoms with Gasteiger partial charge >= 0.3 is 14.5 Å². The van der Waals surface area contributed by atoms with E-state index in [1.807, 2.05) is 0 Å². The van der Waals surface area contributed by atoms with Crippen LogP contribution in [0.3, 0.4) is 0 Å². The van der Waals surface area contributed by atoms with Crippen LogP contribution in [-0.4, -0.2) is 340 Å². The van der Waals surface area contributed by atoms with Crippen molar-refractivity contribution in [2.24, 2.45) is 0 Å². The molecule has 24 rings (SSSR count). The van der Waals surface area contributed by atoms with Crippen molar-refractivity contribution in [1.82, 2.24) is 117 Å². The SMILES string of the molecule is [B][P@@]1(=O)OCC23COC(C(n4cnc5c(N)ncnc54)O2)C3OP(=O)(O)OCC2OC(n3cnc4c(=O)[nH]c(C)nc43)C(O1)C2O.[B][P@@]1(=O)OCC23COC(C(n4cnc5c(N)ncnc54)O2)C3OP(O)(=S)OCC2OC(n3cnc4c(=O)[nH]c(C)nc43)C(O1)C2O.[B][P@@]1(=O)OCC23COC(C(n4cnc5c(N)ncnc54)O2)C3O[P@]([B])(=O)OCC2OC(n3cnc4c(=O)[nH]c(C)nc43)C(O1)C2O. The highest BCUT2D eigenvalue weighted by molar-refractivity contribution is 8.07. The zero-order chi connectivity index (χ0) is 96.5. The van der Waals surface area contributed by atoms with Crippen LogP contribution in [0, 0.1) is 20.8 Å². The molecule has 722 valence electrons. The van der Waals surface area contributed by atoms with Crippen molar-refractivity contribution < 1.29 is 145 Å². The summed E-state index contributed by atoms with van der Waals surface area (Å²) in [5.41, 5.74) is 13.4. The summed E-state index contributed by atoms with van der Waals surface area (Å²) in [5, 5.41) is 33.6. The highest BCUT2D eigenvalue weighted by atomic mass is 32.5. The number of aryl methyl sites for hydroxylation is 3. The van der Waals surface area contributed by atoms with Gasteiger partial charge in [0.25, 0.3) is 46.6 Å². The van der Waals surface area contributed by atoms with E-state index in [1.165, 1.54) is 79.8 Å². The van der Waals surface area contributed by atoms with Crippen molar-refractivity contribution >= 4 is 171 Å². The molecule has 0 amide bonds. The van der Waals surface area contributed by atoms with Gasteiger partial charge in [-0.15, -0.1) is 0 Å². The van der Waals surface area contributed by atoms with Gasteiger partial charge in [0, 0.05) is 0 Å². The van der Waals surface area contributed by atoms with E-state index in [1.54, 1.807) is 25.3 Å². The zero-order valence-electron chi connectivity index (χ0n) is 70.8. The molecule has 24 heterocycles. The molecule has 0 aromatic carbocycles. The predicted molar refractivity (Wildman–Crippen MR) is 460 cm³/mol. The number of aromatic amines is 3. The van der Waals surface area contributed by atoms with Gasteiger partial charge in [-0.25, -0.2) is 79.3 Å². The van der Waals surface area contributed by atoms with E-state index in [4.69, 9.17) is 156 Å². The molecule has 0 aliphatic carbocycles. The number of phosphoric acid groups is 1. The number of nitrogens with zero attached hydrogens (tertiary/aromatic N) is 21. The first-order chi connectivity index (χ1) is 65.5. The van der Waals surface area contributed by atoms with Crippen LogP contribution in [0.2, 0.25) is 0 Å². The number of rotatable bonds is 6. The maximum Gasteiger partial charge on any atom is 0.472 e. The molecule has 0 spiro atoms. The Morgan fingerprint density at radius 1 is 0.370 bits per heavy atom. The number of hydrogen-bond acceptors (Lipinski definition) is 51. The molecule has 8 radical (unpaired) electrons. The third-order valence-corrected chi connectivity index (χ3v) is 31.2. The number of nitrogens with two attached hydrogens (primary N) is 3. The molecule has 12 saturated heterocycles. The highest BCUT2D eigenvalue weighted by Crippen LogP contribution is 2.63. The molecule has 12 aromatic heterocycles. The maximum absolute atomic E-state index is 13.7. The topological polar surface area (TPSA) is 780 Å². The van der Waals surface area contributed by atoms with Gasteiger partial charge in [-0.05, 0) is 32.6 Å². The fourth-order valence-electron chi connectivity index (χ4n) is 18.3. The van der Waals surface area contributed by atoms with Crippen molar-refractivity contribution in [2.75, 3.05) is 76.7 Å². The number of H-pyrrole nitrogens is 3. The number of anilines is 3. The van der Waals surface area contributed by atoms with Crippen molar-refractivity contribution in [3.8, 4) is 0 Å². The summed E-state index contributed by atoms with van der Waals surface area (Å²) in [6.07, 6.45) is -14.8. The van der Waals surface area contributed by atoms with Crippen molar-refractivity contribution in [3.63, 3.8) is 0 Å². The molecule has 0 saturated carbocycles. The molecule has 12 aromatic rings. The summed E-state index contributed by atoms with van der Waals surface area (Å²) in [7, 11) is 1.16. The summed E-state index contributed by atoms with van der Waals surface area (Å²) in [4.78, 5) is 129. The largest absolute Gasteiger partial charge is 0.472 e. The van der Waals surface area contributed by atoms with Gasteiger partial charge in [-0.2, -0.15) is 0 Å². The molecule has 138 heavy (non-hydrogen) atoms. The summed E-state index contributed by atoms with van der Waals surface area (Å²) in [5.74, 6) is 1.20. The molecular weight excluding hydrogens is 1980 g/mol. The van der Waals surface area contributed by atoms with Gasteiger partial charge in [0.2, 0.25) is 30.3 Å². The lowest BCUT2D eigenvalue weighted by atomic mass is 10.0. The van der Waals surface area contributed by atoms with Crippen LogP contribution in [0.5, 0.6) is 0 Å². The second kappa shape index (κ2) is 34.2. The number of ether oxygens (including phenoxy) is 9. The molecule has 30 atom stereocenters. The Balaban J connectivity index is 0.000000119. The lowest BCUT2D eigenvalue weighted by Gasteiger charge is -2.33. The van der Waals surface area contributed by atoms with Crippen LogP contribution in [0.1, 0.15) is 54.8 Å². The Kier molecular flexibility index (Phi) is 23.3. The fourth-order valence-corrected chi connectivity index (χ4v) is 24.9. The van der Waals surface area contributed by atoms with E-state index in [0.717, 1.165) is 0 Å². The molecule has 12 aliphatic rings. The highest BCUT2D eigenvalue weighted by Gasteiger charge is 2.70. The smallest absolute Gasteiger partial charge is 0.387 e. The standard InChI is InChI=1S/C22H23B2N9O11P2.C22H24BN9O12P2.C22H24BN9O11P2S/c1-8-30-18-11(19(35)31-8)29-7-33(18)20-13-12(34)9(41-20)2-39-45(23,36)44-15-14-21(32-6-28-10-16(25)26-5-27-17(10)32)42-22(15,3-38-14)4-40-46(24,37)43-13;1-8-29-18-11(19(34)30-8)28-7-32(18)20-13-12(33)9(41-20)2-39-46(36,37)44-15-14-21(31-6-27-10-16(24)25-5-26-17(10)31)42-22(15,3-38-14)4-40-45(23,35)43-13;1-8-29-18-11(19(34)30-8)28-7-32(18)20-13-12(33)9(40-20)2-38-45(36,46)43-15-14-21(31-6-27-10-16(24)25-5-26-17(10)31)41-22(15,3-37-14)4-39-44(23,35)42-13/h5-7,9,12-15,20-21,34H,2-4H2,1H3,(H2,25,26,27)(H,30,31,35);5-7,9,12-15,20-21,33H,2-4H2,1H3,(H,36,37)(H2,24,25,26)(H,29,30,34);5-7,9,12-15,20-21,33H,2-4H2,1H3,(H,36,46)(H2,24,25,26)(H,29,30,34)/t9?,12?,13?,14?,15?,20?,21?,22?,45-,46-;9?,12?,13?,14?,15?,20?,21?,22?,45-;9?,12?,13?,14?,15?,20?,21?,22?,44-,45?/m111/s1. The Morgan fingerprint density at radius 2 is 0.659 bits per heavy atom. The monoisotopic (exact) mass is 2050 g/mol. The minimum Gasteiger partial charge on any atom is -0.387 e. The fraction of sp³-hybridized carbons (Fsp3) is 0.545. The number of phosphoric ester groups is 1. The third-order valence-electron chi connectivity index (χ3n) is 24.6. The van der Waals surface area contributed by atoms with Crippen LogP contribution in [-0.2, 0) is 132 Å². The van der Waals surface area contributed by atoms with E-state index in [2.05, 4.69) is 89.7 Å². The van der Waals surface area contributed by atoms with Gasteiger partial charge in [0.15, 0.2) is 105 Å². The van der Waals surface area contributed by atoms with E-state index in [9.17, 15) is 62.3 Å². The quantitative estimate of drug-likeness (QED) is 0.0592. The number of nitrogen functional groups attached to an aromatic ring is 3. The molecule has 14 N–H and O–H groups in total. The van der Waals surface area contributed by atoms with E-state index < -0.39 is 246 Å². The number of imidazole rings is 6. The van der Waals surface area contributed by atoms with Gasteiger partial charge in [-0.1, -0.05) is 0 Å². The van der Waals surface area contributed by atoms with Crippen molar-refractivity contribution in [3.05, 3.63) is 105 Å². The lowest BCUT2D eigenvalue weighted by Crippen LogP contribution is -2.46. The minimum absolute atomic E-state index is 0.0170. The summed E-state index contributed by atoms with van der Waals surface area (Å²) in [6, 6.07) is 0. The molecule has 72 heteroatoms. The van der Waals surface area contributed by atoms with Crippen molar-refractivity contribution in [1.29, 1.82) is 0 Å². The third kappa shape index (κ3) is 16.4.